The summed E-state index contributed by atoms with van der Waals surface area (Å²) >= 11 is 0. The Morgan fingerprint density at radius 3 is 2.52 bits per heavy atom. The van der Waals surface area contributed by atoms with Crippen LogP contribution in [0.15, 0.2) is 36.4 Å². The zero-order chi connectivity index (χ0) is 23.3. The number of fused-ring (bicyclic) bond motifs is 1. The van der Waals surface area contributed by atoms with Crippen molar-refractivity contribution in [2.75, 3.05) is 30.9 Å². The number of carbonyl (C=O) groups excluding carboxylic acids is 2. The number of aliphatic hydroxyl groups excluding tert-OH is 3. The summed E-state index contributed by atoms with van der Waals surface area (Å²) < 4.78 is 5.08. The van der Waals surface area contributed by atoms with E-state index >= 15 is 0 Å². The highest BCUT2D eigenvalue weighted by atomic mass is 16.5. The summed E-state index contributed by atoms with van der Waals surface area (Å²) in [5, 5.41) is 36.6. The van der Waals surface area contributed by atoms with Crippen LogP contribution >= 0.6 is 0 Å². The Morgan fingerprint density at radius 1 is 1.26 bits per heavy atom. The van der Waals surface area contributed by atoms with Gasteiger partial charge in [0, 0.05) is 20.7 Å². The Morgan fingerprint density at radius 2 is 1.90 bits per heavy atom. The second kappa shape index (κ2) is 10.2. The lowest BCUT2D eigenvalue weighted by molar-refractivity contribution is -0.150. The molecule has 0 spiro atoms. The second-order valence-corrected chi connectivity index (χ2v) is 8.71. The van der Waals surface area contributed by atoms with Crippen LogP contribution < -0.4 is 15.5 Å². The number of anilines is 2. The SMILES string of the molecule is CO[C@@H](C(=O)N[C@H]1CNc2ccccc2N(C)C1=O)[C@H](O)[C@@H](O)[C@H](O)C=CC(C)(C)C. The van der Waals surface area contributed by atoms with Crippen molar-refractivity contribution in [3.05, 3.63) is 36.4 Å². The maximum atomic E-state index is 12.8. The number of methoxy groups -OCH3 is 1. The molecule has 1 aliphatic heterocycles. The molecule has 0 saturated heterocycles. The third-order valence-electron chi connectivity index (χ3n) is 5.02. The summed E-state index contributed by atoms with van der Waals surface area (Å²) in [6.07, 6.45) is -3.21. The van der Waals surface area contributed by atoms with E-state index in [1.807, 2.05) is 32.9 Å². The van der Waals surface area contributed by atoms with E-state index in [1.54, 1.807) is 25.3 Å². The Labute approximate surface area is 182 Å². The van der Waals surface area contributed by atoms with Crippen LogP contribution in [0.5, 0.6) is 0 Å². The fourth-order valence-corrected chi connectivity index (χ4v) is 3.22. The number of amides is 2. The molecular formula is C22H33N3O6. The van der Waals surface area contributed by atoms with Crippen LogP contribution in [0, 0.1) is 5.41 Å². The van der Waals surface area contributed by atoms with Crippen LogP contribution in [0.4, 0.5) is 11.4 Å². The topological polar surface area (TPSA) is 131 Å². The summed E-state index contributed by atoms with van der Waals surface area (Å²) in [7, 11) is 2.81. The predicted octanol–water partition coefficient (Wildman–Crippen LogP) is 0.260. The molecule has 9 heteroatoms. The van der Waals surface area contributed by atoms with Crippen LogP contribution in [0.25, 0.3) is 0 Å². The van der Waals surface area contributed by atoms with E-state index in [4.69, 9.17) is 4.74 Å². The van der Waals surface area contributed by atoms with Crippen molar-refractivity contribution < 1.29 is 29.6 Å². The van der Waals surface area contributed by atoms with Gasteiger partial charge in [0.1, 0.15) is 24.4 Å². The van der Waals surface area contributed by atoms with Crippen molar-refractivity contribution in [2.24, 2.45) is 5.41 Å². The van der Waals surface area contributed by atoms with Crippen molar-refractivity contribution in [2.45, 2.75) is 51.2 Å². The quantitative estimate of drug-likeness (QED) is 0.388. The van der Waals surface area contributed by atoms with Crippen LogP contribution in [0.1, 0.15) is 20.8 Å². The fraction of sp³-hybridized carbons (Fsp3) is 0.545. The third kappa shape index (κ3) is 6.27. The van der Waals surface area contributed by atoms with E-state index < -0.39 is 36.4 Å². The van der Waals surface area contributed by atoms with E-state index in [-0.39, 0.29) is 17.9 Å². The molecule has 0 radical (unpaired) electrons. The maximum Gasteiger partial charge on any atom is 0.252 e. The summed E-state index contributed by atoms with van der Waals surface area (Å²) in [5.41, 5.74) is 1.19. The lowest BCUT2D eigenvalue weighted by atomic mass is 9.94. The Kier molecular flexibility index (Phi) is 8.19. The predicted molar refractivity (Wildman–Crippen MR) is 118 cm³/mol. The smallest absolute Gasteiger partial charge is 0.252 e. The molecule has 0 bridgehead atoms. The first-order chi connectivity index (χ1) is 14.5. The van der Waals surface area contributed by atoms with Crippen molar-refractivity contribution in [3.63, 3.8) is 0 Å². The molecule has 31 heavy (non-hydrogen) atoms. The highest BCUT2D eigenvalue weighted by molar-refractivity contribution is 6.03. The number of hydrogen-bond acceptors (Lipinski definition) is 7. The minimum Gasteiger partial charge on any atom is -0.387 e. The number of carbonyl (C=O) groups is 2. The largest absolute Gasteiger partial charge is 0.387 e. The van der Waals surface area contributed by atoms with Gasteiger partial charge < -0.3 is 35.6 Å². The standard InChI is InChI=1S/C22H33N3O6/c1-22(2,3)11-10-16(26)17(27)18(28)19(31-5)20(29)24-14-12-23-13-8-6-7-9-15(13)25(4)21(14)30/h6-11,14,16-19,23,26-28H,12H2,1-5H3,(H,24,29)/t14-,16+,17-,18+,19+/m0/s1. The van der Waals surface area contributed by atoms with E-state index in [0.29, 0.717) is 5.69 Å². The van der Waals surface area contributed by atoms with Gasteiger partial charge in [-0.15, -0.1) is 0 Å². The average Bonchev–Trinajstić information content (AvgIpc) is 2.83. The summed E-state index contributed by atoms with van der Waals surface area (Å²) in [4.78, 5) is 27.0. The summed E-state index contributed by atoms with van der Waals surface area (Å²) in [6, 6.07) is 6.34. The molecule has 2 amide bonds. The van der Waals surface area contributed by atoms with Crippen LogP contribution in [0.3, 0.4) is 0 Å². The number of para-hydroxylation sites is 2. The summed E-state index contributed by atoms with van der Waals surface area (Å²) in [5.74, 6) is -1.12. The number of ether oxygens (including phenoxy) is 1. The van der Waals surface area contributed by atoms with Crippen LogP contribution in [0.2, 0.25) is 0 Å². The van der Waals surface area contributed by atoms with E-state index in [9.17, 15) is 24.9 Å². The normalized spacial score (nSPS) is 21.0. The molecule has 5 N–H and O–H groups in total. The molecule has 9 nitrogen and oxygen atoms in total. The van der Waals surface area contributed by atoms with Gasteiger partial charge in [-0.3, -0.25) is 9.59 Å². The number of nitrogens with one attached hydrogen (secondary N) is 2. The van der Waals surface area contributed by atoms with Gasteiger partial charge in [0.2, 0.25) is 0 Å². The van der Waals surface area contributed by atoms with Crippen molar-refractivity contribution >= 4 is 23.2 Å². The highest BCUT2D eigenvalue weighted by Crippen LogP contribution is 2.27. The van der Waals surface area contributed by atoms with E-state index in [1.165, 1.54) is 18.1 Å². The first-order valence-electron chi connectivity index (χ1n) is 10.1. The number of nitrogens with zero attached hydrogens (tertiary/aromatic N) is 1. The van der Waals surface area contributed by atoms with Gasteiger partial charge in [-0.05, 0) is 17.5 Å². The van der Waals surface area contributed by atoms with Crippen LogP contribution in [-0.4, -0.2) is 78.3 Å². The third-order valence-corrected chi connectivity index (χ3v) is 5.02. The molecule has 1 aromatic rings. The molecule has 0 unspecified atom stereocenters. The molecule has 0 fully saturated rings. The van der Waals surface area contributed by atoms with Gasteiger partial charge >= 0.3 is 0 Å². The summed E-state index contributed by atoms with van der Waals surface area (Å²) in [6.45, 7) is 5.88. The first-order valence-corrected chi connectivity index (χ1v) is 10.1. The monoisotopic (exact) mass is 435 g/mol. The van der Waals surface area contributed by atoms with Crippen molar-refractivity contribution in [1.82, 2.24) is 5.32 Å². The number of benzene rings is 1. The number of hydrogen-bond donors (Lipinski definition) is 5. The molecule has 0 aliphatic carbocycles. The lowest BCUT2D eigenvalue weighted by Gasteiger charge is -2.29. The number of likely N-dealkylation sites (N-methyl/N-ethyl adjacent to an activating group) is 1. The van der Waals surface area contributed by atoms with E-state index in [2.05, 4.69) is 10.6 Å². The minimum absolute atomic E-state index is 0.137. The van der Waals surface area contributed by atoms with Gasteiger partial charge in [0.25, 0.3) is 11.8 Å². The molecule has 1 heterocycles. The molecule has 172 valence electrons. The van der Waals surface area contributed by atoms with Gasteiger partial charge in [-0.2, -0.15) is 0 Å². The first kappa shape index (κ1) is 24.8. The Bertz CT molecular complexity index is 807. The van der Waals surface area contributed by atoms with E-state index in [0.717, 1.165) is 5.69 Å². The molecule has 2 rings (SSSR count). The zero-order valence-corrected chi connectivity index (χ0v) is 18.6. The Balaban J connectivity index is 2.08. The molecule has 5 atom stereocenters. The fourth-order valence-electron chi connectivity index (χ4n) is 3.22. The van der Waals surface area contributed by atoms with Gasteiger partial charge in [-0.25, -0.2) is 0 Å². The molecule has 0 saturated carbocycles. The molecule has 1 aliphatic rings. The van der Waals surface area contributed by atoms with Gasteiger partial charge in [0.15, 0.2) is 6.10 Å². The number of aliphatic hydroxyl groups is 3. The van der Waals surface area contributed by atoms with Crippen molar-refractivity contribution in [1.29, 1.82) is 0 Å². The maximum absolute atomic E-state index is 12.8. The van der Waals surface area contributed by atoms with Crippen LogP contribution in [-0.2, 0) is 14.3 Å². The number of allylic oxidation sites excluding steroid dienone is 1. The second-order valence-electron chi connectivity index (χ2n) is 8.71. The van der Waals surface area contributed by atoms with Gasteiger partial charge in [-0.1, -0.05) is 45.1 Å². The minimum atomic E-state index is -1.71. The average molecular weight is 436 g/mol. The Hall–Kier alpha value is -2.46. The lowest BCUT2D eigenvalue weighted by Crippen LogP contribution is -2.57. The molecular weight excluding hydrogens is 402 g/mol. The van der Waals surface area contributed by atoms with Gasteiger partial charge in [0.05, 0.1) is 11.4 Å². The van der Waals surface area contributed by atoms with Crippen molar-refractivity contribution in [3.8, 4) is 0 Å². The molecule has 1 aromatic carbocycles. The highest BCUT2D eigenvalue weighted by Gasteiger charge is 2.38. The number of rotatable bonds is 7. The zero-order valence-electron chi connectivity index (χ0n) is 18.6. The molecule has 0 aromatic heterocycles.